The number of anilines is 2. The predicted molar refractivity (Wildman–Crippen MR) is 81.2 cm³/mol. The quantitative estimate of drug-likeness (QED) is 0.730. The van der Waals surface area contributed by atoms with E-state index in [2.05, 4.69) is 10.3 Å². The van der Waals surface area contributed by atoms with Crippen LogP contribution in [0.1, 0.15) is 5.56 Å². The number of nitrogens with one attached hydrogen (secondary N) is 1. The standard InChI is InChI=1S/C12H12N4O2S2/c13-12(19)8-1-6-11(15-7-8)16-9-2-4-10(5-3-9)20(14,17)18/h1-7H,(H2,13,19)(H,15,16)(H2,14,17,18). The van der Waals surface area contributed by atoms with Crippen molar-refractivity contribution in [1.82, 2.24) is 4.98 Å². The molecule has 0 bridgehead atoms. The minimum absolute atomic E-state index is 0.0554. The summed E-state index contributed by atoms with van der Waals surface area (Å²) in [6, 6.07) is 9.51. The summed E-state index contributed by atoms with van der Waals surface area (Å²) in [7, 11) is -3.68. The van der Waals surface area contributed by atoms with Crippen LogP contribution in [0.15, 0.2) is 47.5 Å². The molecule has 8 heteroatoms. The third-order valence-corrected chi connectivity index (χ3v) is 3.67. The number of nitrogens with zero attached hydrogens (tertiary/aromatic N) is 1. The molecule has 0 atom stereocenters. The Bertz CT molecular complexity index is 725. The number of hydrogen-bond donors (Lipinski definition) is 3. The van der Waals surface area contributed by atoms with Crippen LogP contribution < -0.4 is 16.2 Å². The van der Waals surface area contributed by atoms with Crippen LogP contribution in [-0.2, 0) is 10.0 Å². The first-order valence-electron chi connectivity index (χ1n) is 5.52. The summed E-state index contributed by atoms with van der Waals surface area (Å²) in [5.41, 5.74) is 6.84. The van der Waals surface area contributed by atoms with Crippen molar-refractivity contribution in [2.75, 3.05) is 5.32 Å². The largest absolute Gasteiger partial charge is 0.389 e. The van der Waals surface area contributed by atoms with Crippen molar-refractivity contribution < 1.29 is 8.42 Å². The molecule has 5 N–H and O–H groups in total. The molecule has 0 saturated heterocycles. The molecule has 20 heavy (non-hydrogen) atoms. The van der Waals surface area contributed by atoms with Crippen LogP contribution in [0.25, 0.3) is 0 Å². The summed E-state index contributed by atoms with van der Waals surface area (Å²) in [6.45, 7) is 0. The second-order valence-corrected chi connectivity index (χ2v) is 5.99. The van der Waals surface area contributed by atoms with Gasteiger partial charge in [-0.2, -0.15) is 0 Å². The average molecular weight is 308 g/mol. The topological polar surface area (TPSA) is 111 Å². The number of sulfonamides is 1. The Hall–Kier alpha value is -2.03. The van der Waals surface area contributed by atoms with E-state index in [0.29, 0.717) is 17.1 Å². The van der Waals surface area contributed by atoms with Gasteiger partial charge >= 0.3 is 0 Å². The number of primary sulfonamides is 1. The summed E-state index contributed by atoms with van der Waals surface area (Å²) < 4.78 is 22.2. The fraction of sp³-hybridized carbons (Fsp3) is 0. The Morgan fingerprint density at radius 2 is 1.80 bits per heavy atom. The van der Waals surface area contributed by atoms with Gasteiger partial charge < -0.3 is 11.1 Å². The van der Waals surface area contributed by atoms with Crippen LogP contribution in [-0.4, -0.2) is 18.4 Å². The van der Waals surface area contributed by atoms with E-state index in [-0.39, 0.29) is 9.88 Å². The van der Waals surface area contributed by atoms with Crippen LogP contribution in [0, 0.1) is 0 Å². The highest BCUT2D eigenvalue weighted by atomic mass is 32.2. The molecule has 2 rings (SSSR count). The summed E-state index contributed by atoms with van der Waals surface area (Å²) in [5, 5.41) is 8.04. The number of aromatic nitrogens is 1. The lowest BCUT2D eigenvalue weighted by molar-refractivity contribution is 0.598. The number of rotatable bonds is 4. The van der Waals surface area contributed by atoms with Crippen molar-refractivity contribution in [3.63, 3.8) is 0 Å². The Kier molecular flexibility index (Phi) is 3.98. The van der Waals surface area contributed by atoms with E-state index >= 15 is 0 Å². The second kappa shape index (κ2) is 5.53. The predicted octanol–water partition coefficient (Wildman–Crippen LogP) is 1.11. The maximum atomic E-state index is 11.1. The molecule has 104 valence electrons. The lowest BCUT2D eigenvalue weighted by Gasteiger charge is -2.07. The van der Waals surface area contributed by atoms with Crippen LogP contribution in [0.2, 0.25) is 0 Å². The highest BCUT2D eigenvalue weighted by Crippen LogP contribution is 2.17. The molecule has 0 aliphatic heterocycles. The number of nitrogens with two attached hydrogens (primary N) is 2. The first kappa shape index (κ1) is 14.4. The molecule has 1 aromatic heterocycles. The van der Waals surface area contributed by atoms with Crippen molar-refractivity contribution in [3.05, 3.63) is 48.2 Å². The smallest absolute Gasteiger partial charge is 0.238 e. The van der Waals surface area contributed by atoms with Crippen molar-refractivity contribution in [3.8, 4) is 0 Å². The Balaban J connectivity index is 2.16. The molecule has 0 spiro atoms. The average Bonchev–Trinajstić information content (AvgIpc) is 2.39. The van der Waals surface area contributed by atoms with Gasteiger partial charge in [0.15, 0.2) is 0 Å². The first-order valence-corrected chi connectivity index (χ1v) is 7.47. The van der Waals surface area contributed by atoms with Gasteiger partial charge in [-0.15, -0.1) is 0 Å². The summed E-state index contributed by atoms with van der Waals surface area (Å²) in [5.74, 6) is 0.591. The summed E-state index contributed by atoms with van der Waals surface area (Å²) in [4.78, 5) is 4.48. The molecule has 0 fully saturated rings. The molecule has 1 aromatic carbocycles. The van der Waals surface area contributed by atoms with E-state index in [0.717, 1.165) is 0 Å². The second-order valence-electron chi connectivity index (χ2n) is 3.99. The van der Waals surface area contributed by atoms with E-state index in [4.69, 9.17) is 23.1 Å². The first-order chi connectivity index (χ1) is 9.36. The van der Waals surface area contributed by atoms with Gasteiger partial charge in [-0.1, -0.05) is 12.2 Å². The summed E-state index contributed by atoms with van der Waals surface area (Å²) >= 11 is 4.83. The van der Waals surface area contributed by atoms with E-state index < -0.39 is 10.0 Å². The molecule has 0 aliphatic carbocycles. The zero-order chi connectivity index (χ0) is 14.8. The molecular weight excluding hydrogens is 296 g/mol. The van der Waals surface area contributed by atoms with Gasteiger partial charge in [0.25, 0.3) is 0 Å². The molecule has 0 amide bonds. The van der Waals surface area contributed by atoms with Crippen LogP contribution in [0.3, 0.4) is 0 Å². The molecule has 0 saturated carbocycles. The van der Waals surface area contributed by atoms with Crippen molar-refractivity contribution in [2.45, 2.75) is 4.90 Å². The van der Waals surface area contributed by atoms with Crippen LogP contribution >= 0.6 is 12.2 Å². The zero-order valence-electron chi connectivity index (χ0n) is 10.3. The lowest BCUT2D eigenvalue weighted by atomic mass is 10.3. The lowest BCUT2D eigenvalue weighted by Crippen LogP contribution is -2.11. The fourth-order valence-electron chi connectivity index (χ4n) is 1.49. The van der Waals surface area contributed by atoms with Gasteiger partial charge in [0.05, 0.1) is 4.90 Å². The third-order valence-electron chi connectivity index (χ3n) is 2.50. The van der Waals surface area contributed by atoms with Crippen LogP contribution in [0.4, 0.5) is 11.5 Å². The molecule has 1 heterocycles. The normalized spacial score (nSPS) is 11.1. The number of pyridine rings is 1. The van der Waals surface area contributed by atoms with Gasteiger partial charge in [0.2, 0.25) is 10.0 Å². The van der Waals surface area contributed by atoms with Crippen molar-refractivity contribution in [1.29, 1.82) is 0 Å². The highest BCUT2D eigenvalue weighted by Gasteiger charge is 2.06. The number of thiocarbonyl (C=S) groups is 1. The van der Waals surface area contributed by atoms with Gasteiger partial charge in [-0.25, -0.2) is 18.5 Å². The van der Waals surface area contributed by atoms with Gasteiger partial charge in [0.1, 0.15) is 10.8 Å². The van der Waals surface area contributed by atoms with E-state index in [1.807, 2.05) is 0 Å². The minimum Gasteiger partial charge on any atom is -0.389 e. The zero-order valence-corrected chi connectivity index (χ0v) is 11.9. The van der Waals surface area contributed by atoms with E-state index in [9.17, 15) is 8.42 Å². The van der Waals surface area contributed by atoms with Gasteiger partial charge in [-0.05, 0) is 36.4 Å². The number of benzene rings is 1. The van der Waals surface area contributed by atoms with Gasteiger partial charge in [0, 0.05) is 17.4 Å². The molecule has 0 aliphatic rings. The monoisotopic (exact) mass is 308 g/mol. The Morgan fingerprint density at radius 1 is 1.15 bits per heavy atom. The molecule has 0 radical (unpaired) electrons. The summed E-state index contributed by atoms with van der Waals surface area (Å²) in [6.07, 6.45) is 1.56. The molecular formula is C12H12N4O2S2. The third kappa shape index (κ3) is 3.50. The maximum Gasteiger partial charge on any atom is 0.238 e. The van der Waals surface area contributed by atoms with E-state index in [1.54, 1.807) is 30.5 Å². The minimum atomic E-state index is -3.68. The Labute approximate surface area is 121 Å². The van der Waals surface area contributed by atoms with Crippen LogP contribution in [0.5, 0.6) is 0 Å². The fourth-order valence-corrected chi connectivity index (χ4v) is 2.13. The molecule has 6 nitrogen and oxygen atoms in total. The van der Waals surface area contributed by atoms with Gasteiger partial charge in [-0.3, -0.25) is 0 Å². The van der Waals surface area contributed by atoms with E-state index in [1.165, 1.54) is 12.1 Å². The highest BCUT2D eigenvalue weighted by molar-refractivity contribution is 7.89. The Morgan fingerprint density at radius 3 is 2.25 bits per heavy atom. The maximum absolute atomic E-state index is 11.1. The van der Waals surface area contributed by atoms with Crippen molar-refractivity contribution >= 4 is 38.7 Å². The van der Waals surface area contributed by atoms with Crippen molar-refractivity contribution in [2.24, 2.45) is 10.9 Å². The SMILES string of the molecule is NC(=S)c1ccc(Nc2ccc(S(N)(=O)=O)cc2)nc1. The number of hydrogen-bond acceptors (Lipinski definition) is 5. The molecule has 0 unspecified atom stereocenters. The molecule has 2 aromatic rings.